The molecule has 1 saturated heterocycles. The second-order valence-corrected chi connectivity index (χ2v) is 7.37. The van der Waals surface area contributed by atoms with E-state index in [1.54, 1.807) is 7.05 Å². The molecule has 0 amide bonds. The number of anilines is 1. The summed E-state index contributed by atoms with van der Waals surface area (Å²) in [5, 5.41) is 7.51. The summed E-state index contributed by atoms with van der Waals surface area (Å²) in [5.41, 5.74) is 2.19. The zero-order chi connectivity index (χ0) is 19.9. The van der Waals surface area contributed by atoms with Crippen molar-refractivity contribution in [1.29, 1.82) is 0 Å². The molecule has 8 heteroatoms. The summed E-state index contributed by atoms with van der Waals surface area (Å²) < 4.78 is 5.62. The predicted octanol–water partition coefficient (Wildman–Crippen LogP) is 4.00. The van der Waals surface area contributed by atoms with Crippen LogP contribution in [0.15, 0.2) is 47.6 Å². The van der Waals surface area contributed by atoms with Crippen LogP contribution in [0.1, 0.15) is 31.0 Å². The van der Waals surface area contributed by atoms with Crippen LogP contribution in [0.25, 0.3) is 0 Å². The molecule has 1 aromatic carbocycles. The molecule has 1 aliphatic rings. The maximum absolute atomic E-state index is 6.30. The Morgan fingerprint density at radius 2 is 2.17 bits per heavy atom. The summed E-state index contributed by atoms with van der Waals surface area (Å²) in [4.78, 5) is 11.1. The standard InChI is InChI=1S/C21H28ClN5O.HI/c1-15-14-27(10-11-28-15)20-12-17(8-9-24-20)13-25-21(23-3)26-16(2)18-6-4-5-7-19(18)22;/h4-9,12,15-16H,10-11,13-14H2,1-3H3,(H2,23,25,26);1H. The largest absolute Gasteiger partial charge is 0.375 e. The van der Waals surface area contributed by atoms with Crippen LogP contribution >= 0.6 is 35.6 Å². The maximum atomic E-state index is 6.30. The lowest BCUT2D eigenvalue weighted by molar-refractivity contribution is 0.0529. The SMILES string of the molecule is CN=C(NCc1ccnc(N2CCOC(C)C2)c1)NC(C)c1ccccc1Cl.I. The molecule has 1 fully saturated rings. The number of nitrogens with zero attached hydrogens (tertiary/aromatic N) is 3. The molecular weight excluding hydrogens is 501 g/mol. The first kappa shape index (κ1) is 23.7. The van der Waals surface area contributed by atoms with Crippen molar-refractivity contribution >= 4 is 47.4 Å². The number of hydrogen-bond acceptors (Lipinski definition) is 4. The quantitative estimate of drug-likeness (QED) is 0.348. The highest BCUT2D eigenvalue weighted by Crippen LogP contribution is 2.22. The van der Waals surface area contributed by atoms with Crippen LogP contribution in [-0.2, 0) is 11.3 Å². The number of hydrogen-bond donors (Lipinski definition) is 2. The van der Waals surface area contributed by atoms with Crippen LogP contribution in [-0.4, -0.2) is 43.8 Å². The van der Waals surface area contributed by atoms with Crippen molar-refractivity contribution in [3.05, 3.63) is 58.7 Å². The second kappa shape index (κ2) is 11.6. The summed E-state index contributed by atoms with van der Waals surface area (Å²) >= 11 is 6.30. The van der Waals surface area contributed by atoms with Gasteiger partial charge in [-0.25, -0.2) is 4.98 Å². The maximum Gasteiger partial charge on any atom is 0.191 e. The normalized spacial score (nSPS) is 18.0. The van der Waals surface area contributed by atoms with E-state index in [0.29, 0.717) is 6.54 Å². The van der Waals surface area contributed by atoms with Crippen molar-refractivity contribution in [2.45, 2.75) is 32.5 Å². The topological polar surface area (TPSA) is 61.8 Å². The van der Waals surface area contributed by atoms with E-state index in [1.807, 2.05) is 36.5 Å². The molecule has 2 unspecified atom stereocenters. The monoisotopic (exact) mass is 529 g/mol. The molecule has 0 bridgehead atoms. The van der Waals surface area contributed by atoms with Gasteiger partial charge in [-0.2, -0.15) is 0 Å². The average Bonchev–Trinajstić information content (AvgIpc) is 2.71. The first-order chi connectivity index (χ1) is 13.6. The third-order valence-electron chi connectivity index (χ3n) is 4.78. The fourth-order valence-corrected chi connectivity index (χ4v) is 3.56. The highest BCUT2D eigenvalue weighted by Gasteiger charge is 2.18. The van der Waals surface area contributed by atoms with Gasteiger partial charge in [0.25, 0.3) is 0 Å². The third kappa shape index (κ3) is 6.72. The van der Waals surface area contributed by atoms with Crippen LogP contribution < -0.4 is 15.5 Å². The molecule has 3 rings (SSSR count). The van der Waals surface area contributed by atoms with E-state index in [2.05, 4.69) is 45.4 Å². The molecule has 29 heavy (non-hydrogen) atoms. The number of aliphatic imine (C=N–C) groups is 1. The van der Waals surface area contributed by atoms with Gasteiger partial charge in [-0.3, -0.25) is 4.99 Å². The first-order valence-corrected chi connectivity index (χ1v) is 9.97. The number of morpholine rings is 1. The second-order valence-electron chi connectivity index (χ2n) is 6.96. The summed E-state index contributed by atoms with van der Waals surface area (Å²) in [5.74, 6) is 1.72. The highest BCUT2D eigenvalue weighted by molar-refractivity contribution is 14.0. The Morgan fingerprint density at radius 3 is 2.90 bits per heavy atom. The summed E-state index contributed by atoms with van der Waals surface area (Å²) in [6, 6.07) is 12.0. The van der Waals surface area contributed by atoms with Crippen molar-refractivity contribution in [3.8, 4) is 0 Å². The molecule has 2 heterocycles. The lowest BCUT2D eigenvalue weighted by Crippen LogP contribution is -2.41. The molecule has 1 aromatic heterocycles. The van der Waals surface area contributed by atoms with E-state index < -0.39 is 0 Å². The molecule has 0 spiro atoms. The zero-order valence-corrected chi connectivity index (χ0v) is 20.1. The lowest BCUT2D eigenvalue weighted by atomic mass is 10.1. The number of nitrogens with one attached hydrogen (secondary N) is 2. The number of benzene rings is 1. The fourth-order valence-electron chi connectivity index (χ4n) is 3.26. The van der Waals surface area contributed by atoms with E-state index in [-0.39, 0.29) is 36.1 Å². The molecule has 158 valence electrons. The van der Waals surface area contributed by atoms with Gasteiger partial charge in [0.05, 0.1) is 18.8 Å². The zero-order valence-electron chi connectivity index (χ0n) is 17.1. The molecule has 1 aliphatic heterocycles. The Hall–Kier alpha value is -1.58. The van der Waals surface area contributed by atoms with Crippen LogP contribution in [0.2, 0.25) is 5.02 Å². The smallest absolute Gasteiger partial charge is 0.191 e. The third-order valence-corrected chi connectivity index (χ3v) is 5.13. The van der Waals surface area contributed by atoms with Gasteiger partial charge >= 0.3 is 0 Å². The predicted molar refractivity (Wildman–Crippen MR) is 130 cm³/mol. The number of halogens is 2. The Labute approximate surface area is 195 Å². The van der Waals surface area contributed by atoms with Crippen molar-refractivity contribution < 1.29 is 4.74 Å². The number of ether oxygens (including phenoxy) is 1. The van der Waals surface area contributed by atoms with Crippen LogP contribution in [0, 0.1) is 0 Å². The van der Waals surface area contributed by atoms with E-state index >= 15 is 0 Å². The molecular formula is C21H29ClIN5O. The van der Waals surface area contributed by atoms with Gasteiger partial charge < -0.3 is 20.3 Å². The van der Waals surface area contributed by atoms with E-state index in [0.717, 1.165) is 47.6 Å². The number of pyridine rings is 1. The Bertz CT molecular complexity index is 819. The molecule has 2 atom stereocenters. The van der Waals surface area contributed by atoms with E-state index in [9.17, 15) is 0 Å². The average molecular weight is 530 g/mol. The van der Waals surface area contributed by atoms with Crippen LogP contribution in [0.4, 0.5) is 5.82 Å². The minimum atomic E-state index is 0. The molecule has 0 radical (unpaired) electrons. The minimum Gasteiger partial charge on any atom is -0.375 e. The minimum absolute atomic E-state index is 0. The van der Waals surface area contributed by atoms with Crippen LogP contribution in [0.3, 0.4) is 0 Å². The first-order valence-electron chi connectivity index (χ1n) is 9.60. The Kier molecular flexibility index (Phi) is 9.45. The number of rotatable bonds is 5. The van der Waals surface area contributed by atoms with E-state index in [1.165, 1.54) is 0 Å². The Morgan fingerprint density at radius 1 is 1.38 bits per heavy atom. The van der Waals surface area contributed by atoms with Crippen molar-refractivity contribution in [3.63, 3.8) is 0 Å². The number of aromatic nitrogens is 1. The van der Waals surface area contributed by atoms with Gasteiger partial charge in [-0.05, 0) is 43.2 Å². The molecule has 0 saturated carbocycles. The van der Waals surface area contributed by atoms with Gasteiger partial charge in [0.1, 0.15) is 5.82 Å². The van der Waals surface area contributed by atoms with Crippen molar-refractivity contribution in [1.82, 2.24) is 15.6 Å². The van der Waals surface area contributed by atoms with Crippen molar-refractivity contribution in [2.24, 2.45) is 4.99 Å². The van der Waals surface area contributed by atoms with Crippen molar-refractivity contribution in [2.75, 3.05) is 31.6 Å². The summed E-state index contributed by atoms with van der Waals surface area (Å²) in [7, 11) is 1.77. The van der Waals surface area contributed by atoms with Gasteiger partial charge in [-0.15, -0.1) is 24.0 Å². The molecule has 2 aromatic rings. The van der Waals surface area contributed by atoms with Gasteiger partial charge in [0, 0.05) is 37.9 Å². The Balaban J connectivity index is 0.00000300. The van der Waals surface area contributed by atoms with Gasteiger partial charge in [0.2, 0.25) is 0 Å². The fraction of sp³-hybridized carbons (Fsp3) is 0.429. The highest BCUT2D eigenvalue weighted by atomic mass is 127. The number of guanidine groups is 1. The molecule has 0 aliphatic carbocycles. The van der Waals surface area contributed by atoms with Gasteiger partial charge in [0.15, 0.2) is 5.96 Å². The lowest BCUT2D eigenvalue weighted by Gasteiger charge is -2.32. The summed E-state index contributed by atoms with van der Waals surface area (Å²) in [6.07, 6.45) is 2.08. The van der Waals surface area contributed by atoms with E-state index in [4.69, 9.17) is 16.3 Å². The molecule has 6 nitrogen and oxygen atoms in total. The molecule has 2 N–H and O–H groups in total. The van der Waals surface area contributed by atoms with Crippen LogP contribution in [0.5, 0.6) is 0 Å². The summed E-state index contributed by atoms with van der Waals surface area (Å²) in [6.45, 7) is 7.28. The van der Waals surface area contributed by atoms with Gasteiger partial charge in [-0.1, -0.05) is 29.8 Å².